The lowest BCUT2D eigenvalue weighted by molar-refractivity contribution is 0.132. The monoisotopic (exact) mass is 297 g/mol. The normalized spacial score (nSPS) is 12.2. The van der Waals surface area contributed by atoms with Crippen LogP contribution in [0.25, 0.3) is 0 Å². The van der Waals surface area contributed by atoms with Crippen molar-refractivity contribution in [2.45, 2.75) is 26.0 Å². The number of rotatable bonds is 11. The molecule has 5 nitrogen and oxygen atoms in total. The number of ether oxygens (including phenoxy) is 4. The summed E-state index contributed by atoms with van der Waals surface area (Å²) in [6, 6.07) is 5.99. The van der Waals surface area contributed by atoms with Crippen LogP contribution in [-0.4, -0.2) is 47.2 Å². The summed E-state index contributed by atoms with van der Waals surface area (Å²) in [6.45, 7) is 5.01. The molecule has 5 heteroatoms. The zero-order chi connectivity index (χ0) is 15.5. The van der Waals surface area contributed by atoms with E-state index in [1.54, 1.807) is 21.3 Å². The second kappa shape index (κ2) is 10.4. The molecule has 0 fully saturated rings. The topological polar surface area (TPSA) is 49.0 Å². The lowest BCUT2D eigenvalue weighted by atomic mass is 10.2. The van der Waals surface area contributed by atoms with E-state index in [1.165, 1.54) is 0 Å². The van der Waals surface area contributed by atoms with Gasteiger partial charge in [0.25, 0.3) is 0 Å². The molecule has 0 saturated heterocycles. The summed E-state index contributed by atoms with van der Waals surface area (Å²) in [4.78, 5) is 0. The molecule has 120 valence electrons. The average molecular weight is 297 g/mol. The van der Waals surface area contributed by atoms with Gasteiger partial charge in [0.15, 0.2) is 11.5 Å². The third-order valence-electron chi connectivity index (χ3n) is 3.10. The Bertz CT molecular complexity index is 398. The van der Waals surface area contributed by atoms with Gasteiger partial charge in [0.2, 0.25) is 0 Å². The molecule has 0 bridgehead atoms. The molecule has 0 aromatic heterocycles. The minimum Gasteiger partial charge on any atom is -0.493 e. The Kier molecular flexibility index (Phi) is 8.82. The van der Waals surface area contributed by atoms with Gasteiger partial charge < -0.3 is 24.3 Å². The molecule has 0 aliphatic carbocycles. The summed E-state index contributed by atoms with van der Waals surface area (Å²) in [5.74, 6) is 1.52. The largest absolute Gasteiger partial charge is 0.493 e. The Hall–Kier alpha value is -1.30. The smallest absolute Gasteiger partial charge is 0.161 e. The highest BCUT2D eigenvalue weighted by molar-refractivity contribution is 5.43. The number of hydrogen-bond acceptors (Lipinski definition) is 5. The minimum absolute atomic E-state index is 0.0792. The lowest BCUT2D eigenvalue weighted by Gasteiger charge is -2.17. The maximum atomic E-state index is 5.95. The molecule has 1 atom stereocenters. The second-order valence-corrected chi connectivity index (χ2v) is 4.86. The molecular formula is C16H27NO4. The van der Waals surface area contributed by atoms with Gasteiger partial charge in [0.05, 0.1) is 19.8 Å². The van der Waals surface area contributed by atoms with Gasteiger partial charge in [-0.3, -0.25) is 0 Å². The first-order valence-electron chi connectivity index (χ1n) is 7.23. The van der Waals surface area contributed by atoms with Crippen LogP contribution in [0.4, 0.5) is 0 Å². The van der Waals surface area contributed by atoms with Crippen molar-refractivity contribution in [1.29, 1.82) is 0 Å². The van der Waals surface area contributed by atoms with Crippen molar-refractivity contribution in [3.05, 3.63) is 23.8 Å². The van der Waals surface area contributed by atoms with Gasteiger partial charge >= 0.3 is 0 Å². The first-order chi connectivity index (χ1) is 10.2. The zero-order valence-electron chi connectivity index (χ0n) is 13.5. The quantitative estimate of drug-likeness (QED) is 0.635. The van der Waals surface area contributed by atoms with Gasteiger partial charge in [0.1, 0.15) is 0 Å². The lowest BCUT2D eigenvalue weighted by Crippen LogP contribution is -2.19. The van der Waals surface area contributed by atoms with E-state index in [-0.39, 0.29) is 6.10 Å². The Morgan fingerprint density at radius 1 is 1.05 bits per heavy atom. The van der Waals surface area contributed by atoms with Crippen molar-refractivity contribution >= 4 is 0 Å². The summed E-state index contributed by atoms with van der Waals surface area (Å²) < 4.78 is 21.4. The highest BCUT2D eigenvalue weighted by Gasteiger charge is 2.10. The van der Waals surface area contributed by atoms with Crippen molar-refractivity contribution in [3.63, 3.8) is 0 Å². The third-order valence-corrected chi connectivity index (χ3v) is 3.10. The molecule has 0 heterocycles. The SMILES string of the molecule is COCCNCc1ccc(OC)c(OC(C)CCOC)c1. The fourth-order valence-electron chi connectivity index (χ4n) is 1.89. The Morgan fingerprint density at radius 2 is 1.81 bits per heavy atom. The second-order valence-electron chi connectivity index (χ2n) is 4.86. The summed E-state index contributed by atoms with van der Waals surface area (Å²) in [7, 11) is 5.04. The molecule has 0 radical (unpaired) electrons. The van der Waals surface area contributed by atoms with Crippen molar-refractivity contribution in [2.24, 2.45) is 0 Å². The van der Waals surface area contributed by atoms with Gasteiger partial charge in [-0.1, -0.05) is 6.07 Å². The molecule has 0 aliphatic rings. The predicted octanol–water partition coefficient (Wildman–Crippen LogP) is 2.24. The van der Waals surface area contributed by atoms with E-state index in [0.717, 1.165) is 36.6 Å². The molecule has 1 rings (SSSR count). The number of methoxy groups -OCH3 is 3. The van der Waals surface area contributed by atoms with Gasteiger partial charge in [-0.15, -0.1) is 0 Å². The van der Waals surface area contributed by atoms with Gasteiger partial charge in [-0.25, -0.2) is 0 Å². The molecule has 1 N–H and O–H groups in total. The van der Waals surface area contributed by atoms with E-state index in [2.05, 4.69) is 5.32 Å². The summed E-state index contributed by atoms with van der Waals surface area (Å²) in [5.41, 5.74) is 1.15. The van der Waals surface area contributed by atoms with Crippen molar-refractivity contribution in [3.8, 4) is 11.5 Å². The van der Waals surface area contributed by atoms with E-state index in [0.29, 0.717) is 13.2 Å². The average Bonchev–Trinajstić information content (AvgIpc) is 2.50. The van der Waals surface area contributed by atoms with Gasteiger partial charge in [-0.05, 0) is 24.6 Å². The molecule has 1 aromatic carbocycles. The van der Waals surface area contributed by atoms with E-state index in [1.807, 2.05) is 25.1 Å². The Balaban J connectivity index is 2.62. The Labute approximate surface area is 127 Å². The maximum absolute atomic E-state index is 5.95. The zero-order valence-corrected chi connectivity index (χ0v) is 13.5. The number of hydrogen-bond donors (Lipinski definition) is 1. The van der Waals surface area contributed by atoms with Crippen LogP contribution in [0.2, 0.25) is 0 Å². The summed E-state index contributed by atoms with van der Waals surface area (Å²) in [5, 5.41) is 3.31. The van der Waals surface area contributed by atoms with Crippen molar-refractivity contribution in [1.82, 2.24) is 5.32 Å². The first-order valence-corrected chi connectivity index (χ1v) is 7.23. The minimum atomic E-state index is 0.0792. The molecule has 0 saturated carbocycles. The highest BCUT2D eigenvalue weighted by atomic mass is 16.5. The van der Waals surface area contributed by atoms with E-state index < -0.39 is 0 Å². The molecule has 0 aliphatic heterocycles. The molecule has 21 heavy (non-hydrogen) atoms. The highest BCUT2D eigenvalue weighted by Crippen LogP contribution is 2.29. The van der Waals surface area contributed by atoms with Crippen molar-refractivity contribution < 1.29 is 18.9 Å². The standard InChI is InChI=1S/C16H27NO4/c1-13(7-9-18-2)21-16-11-14(5-6-15(16)20-4)12-17-8-10-19-3/h5-6,11,13,17H,7-10,12H2,1-4H3. The molecule has 0 spiro atoms. The van der Waals surface area contributed by atoms with Crippen LogP contribution in [0, 0.1) is 0 Å². The number of nitrogens with one attached hydrogen (secondary N) is 1. The van der Waals surface area contributed by atoms with E-state index >= 15 is 0 Å². The van der Waals surface area contributed by atoms with Crippen LogP contribution in [0.3, 0.4) is 0 Å². The fraction of sp³-hybridized carbons (Fsp3) is 0.625. The number of benzene rings is 1. The van der Waals surface area contributed by atoms with Gasteiger partial charge in [0, 0.05) is 40.3 Å². The van der Waals surface area contributed by atoms with Crippen LogP contribution >= 0.6 is 0 Å². The summed E-state index contributed by atoms with van der Waals surface area (Å²) >= 11 is 0. The van der Waals surface area contributed by atoms with Crippen LogP contribution < -0.4 is 14.8 Å². The fourth-order valence-corrected chi connectivity index (χ4v) is 1.89. The molecular weight excluding hydrogens is 270 g/mol. The van der Waals surface area contributed by atoms with E-state index in [4.69, 9.17) is 18.9 Å². The Morgan fingerprint density at radius 3 is 2.48 bits per heavy atom. The maximum Gasteiger partial charge on any atom is 0.161 e. The van der Waals surface area contributed by atoms with Gasteiger partial charge in [-0.2, -0.15) is 0 Å². The first kappa shape index (κ1) is 17.8. The predicted molar refractivity (Wildman–Crippen MR) is 83.2 cm³/mol. The van der Waals surface area contributed by atoms with Crippen LogP contribution in [0.1, 0.15) is 18.9 Å². The van der Waals surface area contributed by atoms with Crippen LogP contribution in [0.15, 0.2) is 18.2 Å². The van der Waals surface area contributed by atoms with Crippen molar-refractivity contribution in [2.75, 3.05) is 41.1 Å². The molecule has 0 amide bonds. The molecule has 1 aromatic rings. The van der Waals surface area contributed by atoms with Crippen LogP contribution in [-0.2, 0) is 16.0 Å². The van der Waals surface area contributed by atoms with Crippen LogP contribution in [0.5, 0.6) is 11.5 Å². The van der Waals surface area contributed by atoms with E-state index in [9.17, 15) is 0 Å². The molecule has 1 unspecified atom stereocenters. The summed E-state index contributed by atoms with van der Waals surface area (Å²) in [6.07, 6.45) is 0.922. The third kappa shape index (κ3) is 6.80.